The lowest BCUT2D eigenvalue weighted by Gasteiger charge is -2.07. The van der Waals surface area contributed by atoms with Crippen molar-refractivity contribution in [3.63, 3.8) is 0 Å². The van der Waals surface area contributed by atoms with E-state index in [1.54, 1.807) is 13.2 Å². The Morgan fingerprint density at radius 3 is 2.67 bits per heavy atom. The van der Waals surface area contributed by atoms with Gasteiger partial charge in [0.05, 0.1) is 7.11 Å². The van der Waals surface area contributed by atoms with E-state index in [1.165, 1.54) is 0 Å². The first-order chi connectivity index (χ1) is 10.2. The van der Waals surface area contributed by atoms with Gasteiger partial charge in [-0.2, -0.15) is 0 Å². The van der Waals surface area contributed by atoms with Crippen molar-refractivity contribution < 1.29 is 9.53 Å². The lowest BCUT2D eigenvalue weighted by molar-refractivity contribution is 0.0954. The van der Waals surface area contributed by atoms with Crippen LogP contribution in [0.25, 0.3) is 0 Å². The molecular weight excluding hydrogens is 264 g/mol. The summed E-state index contributed by atoms with van der Waals surface area (Å²) in [6.45, 7) is 1.02. The van der Waals surface area contributed by atoms with Crippen molar-refractivity contribution in [1.29, 1.82) is 0 Å². The minimum atomic E-state index is -0.0757. The number of carbonyl (C=O) groups excluding carboxylic acids is 1. The summed E-state index contributed by atoms with van der Waals surface area (Å²) in [6, 6.07) is 15.2. The fourth-order valence-electron chi connectivity index (χ4n) is 2.09. The van der Waals surface area contributed by atoms with Crippen LogP contribution in [0.4, 0.5) is 0 Å². The van der Waals surface area contributed by atoms with E-state index in [2.05, 4.69) is 5.32 Å². The van der Waals surface area contributed by atoms with Gasteiger partial charge in [-0.05, 0) is 41.8 Å². The van der Waals surface area contributed by atoms with E-state index in [-0.39, 0.29) is 5.91 Å². The highest BCUT2D eigenvalue weighted by Gasteiger charge is 2.05. The molecule has 0 atom stereocenters. The van der Waals surface area contributed by atoms with Crippen molar-refractivity contribution in [3.8, 4) is 5.75 Å². The number of rotatable bonds is 6. The SMILES string of the molecule is COc1cccc(CCNC(=O)c2cccc(CN)c2)c1. The maximum Gasteiger partial charge on any atom is 0.251 e. The van der Waals surface area contributed by atoms with Crippen LogP contribution in [0.5, 0.6) is 5.75 Å². The first kappa shape index (κ1) is 15.1. The smallest absolute Gasteiger partial charge is 0.251 e. The molecule has 0 unspecified atom stereocenters. The molecule has 1 amide bonds. The Morgan fingerprint density at radius 1 is 1.14 bits per heavy atom. The maximum absolute atomic E-state index is 12.0. The van der Waals surface area contributed by atoms with Crippen molar-refractivity contribution in [2.24, 2.45) is 5.73 Å². The molecule has 4 nitrogen and oxygen atoms in total. The second-order valence-electron chi connectivity index (χ2n) is 4.76. The van der Waals surface area contributed by atoms with Crippen molar-refractivity contribution in [3.05, 3.63) is 65.2 Å². The van der Waals surface area contributed by atoms with Gasteiger partial charge in [-0.25, -0.2) is 0 Å². The number of carbonyl (C=O) groups is 1. The van der Waals surface area contributed by atoms with Crippen molar-refractivity contribution in [2.75, 3.05) is 13.7 Å². The summed E-state index contributed by atoms with van der Waals surface area (Å²) < 4.78 is 5.18. The minimum absolute atomic E-state index is 0.0757. The van der Waals surface area contributed by atoms with E-state index in [1.807, 2.05) is 42.5 Å². The molecule has 0 aromatic heterocycles. The summed E-state index contributed by atoms with van der Waals surface area (Å²) in [7, 11) is 1.64. The molecule has 0 spiro atoms. The van der Waals surface area contributed by atoms with Crippen LogP contribution in [-0.2, 0) is 13.0 Å². The van der Waals surface area contributed by atoms with Gasteiger partial charge in [0, 0.05) is 18.7 Å². The van der Waals surface area contributed by atoms with Crippen LogP contribution in [0, 0.1) is 0 Å². The maximum atomic E-state index is 12.0. The highest BCUT2D eigenvalue weighted by molar-refractivity contribution is 5.94. The van der Waals surface area contributed by atoms with Gasteiger partial charge in [0.15, 0.2) is 0 Å². The van der Waals surface area contributed by atoms with Crippen LogP contribution in [0.1, 0.15) is 21.5 Å². The van der Waals surface area contributed by atoms with Gasteiger partial charge < -0.3 is 15.8 Å². The number of ether oxygens (including phenoxy) is 1. The van der Waals surface area contributed by atoms with Crippen LogP contribution in [0.2, 0.25) is 0 Å². The summed E-state index contributed by atoms with van der Waals surface area (Å²) in [5.74, 6) is 0.752. The third-order valence-corrected chi connectivity index (χ3v) is 3.26. The van der Waals surface area contributed by atoms with E-state index < -0.39 is 0 Å². The van der Waals surface area contributed by atoms with Crippen molar-refractivity contribution in [2.45, 2.75) is 13.0 Å². The van der Waals surface area contributed by atoms with Gasteiger partial charge in [0.25, 0.3) is 5.91 Å². The van der Waals surface area contributed by atoms with Crippen LogP contribution in [0.15, 0.2) is 48.5 Å². The highest BCUT2D eigenvalue weighted by atomic mass is 16.5. The van der Waals surface area contributed by atoms with Gasteiger partial charge in [0.1, 0.15) is 5.75 Å². The predicted molar refractivity (Wildman–Crippen MR) is 83.4 cm³/mol. The summed E-state index contributed by atoms with van der Waals surface area (Å²) in [5, 5.41) is 2.92. The minimum Gasteiger partial charge on any atom is -0.497 e. The number of methoxy groups -OCH3 is 1. The topological polar surface area (TPSA) is 64.3 Å². The molecule has 0 saturated heterocycles. The van der Waals surface area contributed by atoms with E-state index in [0.29, 0.717) is 18.7 Å². The van der Waals surface area contributed by atoms with Gasteiger partial charge in [-0.3, -0.25) is 4.79 Å². The Morgan fingerprint density at radius 2 is 1.90 bits per heavy atom. The number of nitrogens with two attached hydrogens (primary N) is 1. The second-order valence-corrected chi connectivity index (χ2v) is 4.76. The van der Waals surface area contributed by atoms with Crippen molar-refractivity contribution >= 4 is 5.91 Å². The lowest BCUT2D eigenvalue weighted by atomic mass is 10.1. The average Bonchev–Trinajstić information content (AvgIpc) is 2.55. The van der Waals surface area contributed by atoms with E-state index in [0.717, 1.165) is 23.3 Å². The molecule has 110 valence electrons. The first-order valence-corrected chi connectivity index (χ1v) is 6.93. The monoisotopic (exact) mass is 284 g/mol. The number of benzene rings is 2. The Hall–Kier alpha value is -2.33. The number of hydrogen-bond acceptors (Lipinski definition) is 3. The van der Waals surface area contributed by atoms with Crippen LogP contribution in [-0.4, -0.2) is 19.6 Å². The normalized spacial score (nSPS) is 10.2. The molecule has 0 bridgehead atoms. The number of amides is 1. The van der Waals surface area contributed by atoms with E-state index >= 15 is 0 Å². The zero-order valence-electron chi connectivity index (χ0n) is 12.1. The average molecular weight is 284 g/mol. The van der Waals surface area contributed by atoms with Crippen LogP contribution in [0.3, 0.4) is 0 Å². The Balaban J connectivity index is 1.88. The summed E-state index contributed by atoms with van der Waals surface area (Å²) in [4.78, 5) is 12.0. The molecule has 0 radical (unpaired) electrons. The first-order valence-electron chi connectivity index (χ1n) is 6.93. The molecular formula is C17H20N2O2. The van der Waals surface area contributed by atoms with Gasteiger partial charge in [-0.1, -0.05) is 24.3 Å². The molecule has 0 aliphatic heterocycles. The molecule has 0 aliphatic rings. The van der Waals surface area contributed by atoms with Crippen LogP contribution < -0.4 is 15.8 Å². The standard InChI is InChI=1S/C17H20N2O2/c1-21-16-7-3-4-13(11-16)8-9-19-17(20)15-6-2-5-14(10-15)12-18/h2-7,10-11H,8-9,12,18H2,1H3,(H,19,20). The largest absolute Gasteiger partial charge is 0.497 e. The third-order valence-electron chi connectivity index (χ3n) is 3.26. The van der Waals surface area contributed by atoms with Gasteiger partial charge in [-0.15, -0.1) is 0 Å². The third kappa shape index (κ3) is 4.33. The van der Waals surface area contributed by atoms with Gasteiger partial charge >= 0.3 is 0 Å². The molecule has 0 aliphatic carbocycles. The summed E-state index contributed by atoms with van der Waals surface area (Å²) in [6.07, 6.45) is 0.763. The molecule has 2 rings (SSSR count). The number of nitrogens with one attached hydrogen (secondary N) is 1. The fourth-order valence-corrected chi connectivity index (χ4v) is 2.09. The van der Waals surface area contributed by atoms with Crippen molar-refractivity contribution in [1.82, 2.24) is 5.32 Å². The highest BCUT2D eigenvalue weighted by Crippen LogP contribution is 2.12. The van der Waals surface area contributed by atoms with E-state index in [4.69, 9.17) is 10.5 Å². The zero-order chi connectivity index (χ0) is 15.1. The van der Waals surface area contributed by atoms with Gasteiger partial charge in [0.2, 0.25) is 0 Å². The Kier molecular flexibility index (Phi) is 5.35. The lowest BCUT2D eigenvalue weighted by Crippen LogP contribution is -2.25. The zero-order valence-corrected chi connectivity index (χ0v) is 12.1. The number of hydrogen-bond donors (Lipinski definition) is 2. The molecule has 3 N–H and O–H groups in total. The molecule has 2 aromatic carbocycles. The van der Waals surface area contributed by atoms with Crippen LogP contribution >= 0.6 is 0 Å². The quantitative estimate of drug-likeness (QED) is 0.854. The Labute approximate surface area is 124 Å². The van der Waals surface area contributed by atoms with E-state index in [9.17, 15) is 4.79 Å². The molecule has 0 saturated carbocycles. The summed E-state index contributed by atoms with van der Waals surface area (Å²) >= 11 is 0. The molecule has 2 aromatic rings. The Bertz CT molecular complexity index is 611. The fraction of sp³-hybridized carbons (Fsp3) is 0.235. The molecule has 0 fully saturated rings. The molecule has 4 heteroatoms. The molecule has 0 heterocycles. The summed E-state index contributed by atoms with van der Waals surface area (Å²) in [5.41, 5.74) is 8.31. The molecule has 21 heavy (non-hydrogen) atoms. The predicted octanol–water partition coefficient (Wildman–Crippen LogP) is 2.13. The second kappa shape index (κ2) is 7.45.